The molecule has 0 aliphatic carbocycles. The minimum Gasteiger partial charge on any atom is -0.351 e. The summed E-state index contributed by atoms with van der Waals surface area (Å²) in [7, 11) is 0. The second-order valence-corrected chi connectivity index (χ2v) is 6.00. The molecule has 2 aromatic rings. The van der Waals surface area contributed by atoms with Crippen LogP contribution in [-0.4, -0.2) is 20.9 Å². The number of rotatable bonds is 4. The summed E-state index contributed by atoms with van der Waals surface area (Å²) in [4.78, 5) is 27.5. The summed E-state index contributed by atoms with van der Waals surface area (Å²) in [5, 5.41) is 20.1. The van der Waals surface area contributed by atoms with Gasteiger partial charge < -0.3 is 16.0 Å². The standard InChI is InChI=1S/C17H15N5O3S/c1-10-14(16(23)20-13-7-2-3-8-18-13)15(21-17(26)19-10)11-5-4-6-12(9-11)22(24)25/h2-9,15H,1H3,(H,18,20,23)(H2,19,21,26)/t15-/m0/s1. The normalized spacial score (nSPS) is 16.5. The predicted molar refractivity (Wildman–Crippen MR) is 100 cm³/mol. The summed E-state index contributed by atoms with van der Waals surface area (Å²) in [5.41, 5.74) is 1.45. The summed E-state index contributed by atoms with van der Waals surface area (Å²) in [6.07, 6.45) is 1.57. The smallest absolute Gasteiger partial charge is 0.269 e. The molecule has 1 aliphatic rings. The fraction of sp³-hybridized carbons (Fsp3) is 0.118. The number of non-ortho nitro benzene ring substituents is 1. The summed E-state index contributed by atoms with van der Waals surface area (Å²) in [6, 6.07) is 10.7. The Morgan fingerprint density at radius 2 is 2.12 bits per heavy atom. The Bertz CT molecular complexity index is 914. The summed E-state index contributed by atoms with van der Waals surface area (Å²) < 4.78 is 0. The number of pyridine rings is 1. The number of allylic oxidation sites excluding steroid dienone is 1. The molecule has 1 aromatic carbocycles. The van der Waals surface area contributed by atoms with E-state index in [-0.39, 0.29) is 11.6 Å². The second-order valence-electron chi connectivity index (χ2n) is 5.59. The molecule has 1 aromatic heterocycles. The molecule has 9 heteroatoms. The molecule has 3 rings (SSSR count). The molecule has 2 heterocycles. The number of hydrogen-bond donors (Lipinski definition) is 3. The van der Waals surface area contributed by atoms with Gasteiger partial charge in [0.1, 0.15) is 5.82 Å². The molecule has 3 N–H and O–H groups in total. The maximum atomic E-state index is 12.8. The monoisotopic (exact) mass is 369 g/mol. The third-order valence-corrected chi connectivity index (χ3v) is 4.05. The van der Waals surface area contributed by atoms with Gasteiger partial charge in [0.15, 0.2) is 5.11 Å². The Labute approximate surface area is 154 Å². The van der Waals surface area contributed by atoms with Crippen LogP contribution in [0.4, 0.5) is 11.5 Å². The first-order chi connectivity index (χ1) is 12.5. The van der Waals surface area contributed by atoms with Crippen LogP contribution in [0.25, 0.3) is 0 Å². The van der Waals surface area contributed by atoms with E-state index in [1.54, 1.807) is 43.5 Å². The van der Waals surface area contributed by atoms with Gasteiger partial charge in [-0.25, -0.2) is 4.98 Å². The van der Waals surface area contributed by atoms with E-state index in [4.69, 9.17) is 12.2 Å². The minimum absolute atomic E-state index is 0.0594. The van der Waals surface area contributed by atoms with Gasteiger partial charge in [-0.3, -0.25) is 14.9 Å². The molecule has 0 radical (unpaired) electrons. The molecule has 132 valence electrons. The number of hydrogen-bond acceptors (Lipinski definition) is 5. The zero-order chi connectivity index (χ0) is 18.7. The summed E-state index contributed by atoms with van der Waals surface area (Å²) in [5.74, 6) is 0.0314. The highest BCUT2D eigenvalue weighted by Gasteiger charge is 2.30. The van der Waals surface area contributed by atoms with Gasteiger partial charge in [-0.2, -0.15) is 0 Å². The van der Waals surface area contributed by atoms with Crippen LogP contribution in [-0.2, 0) is 4.79 Å². The molecule has 1 amide bonds. The molecule has 0 bridgehead atoms. The Hall–Kier alpha value is -3.33. The van der Waals surface area contributed by atoms with Crippen molar-refractivity contribution in [2.75, 3.05) is 5.32 Å². The fourth-order valence-electron chi connectivity index (χ4n) is 2.68. The van der Waals surface area contributed by atoms with Crippen molar-refractivity contribution in [2.45, 2.75) is 13.0 Å². The summed E-state index contributed by atoms with van der Waals surface area (Å²) >= 11 is 5.18. The number of carbonyl (C=O) groups excluding carboxylic acids is 1. The molecule has 0 unspecified atom stereocenters. The van der Waals surface area contributed by atoms with Crippen molar-refractivity contribution >= 4 is 34.7 Å². The Morgan fingerprint density at radius 1 is 1.31 bits per heavy atom. The van der Waals surface area contributed by atoms with E-state index in [2.05, 4.69) is 20.9 Å². The van der Waals surface area contributed by atoms with Crippen LogP contribution >= 0.6 is 12.2 Å². The van der Waals surface area contributed by atoms with Crippen molar-refractivity contribution in [1.82, 2.24) is 15.6 Å². The molecule has 0 spiro atoms. The number of nitro groups is 1. The maximum Gasteiger partial charge on any atom is 0.269 e. The number of benzene rings is 1. The molecular formula is C17H15N5O3S. The Kier molecular flexibility index (Phi) is 4.90. The van der Waals surface area contributed by atoms with E-state index in [1.165, 1.54) is 12.1 Å². The van der Waals surface area contributed by atoms with Gasteiger partial charge in [0.25, 0.3) is 11.6 Å². The molecule has 8 nitrogen and oxygen atoms in total. The first-order valence-electron chi connectivity index (χ1n) is 7.70. The molecule has 1 aliphatic heterocycles. The highest BCUT2D eigenvalue weighted by atomic mass is 32.1. The average molecular weight is 369 g/mol. The van der Waals surface area contributed by atoms with Crippen molar-refractivity contribution < 1.29 is 9.72 Å². The number of nitrogens with one attached hydrogen (secondary N) is 3. The first-order valence-corrected chi connectivity index (χ1v) is 8.11. The van der Waals surface area contributed by atoms with E-state index < -0.39 is 11.0 Å². The number of nitro benzene ring substituents is 1. The lowest BCUT2D eigenvalue weighted by Crippen LogP contribution is -2.45. The third-order valence-electron chi connectivity index (χ3n) is 3.83. The number of carbonyl (C=O) groups is 1. The highest BCUT2D eigenvalue weighted by Crippen LogP contribution is 2.29. The number of amides is 1. The van der Waals surface area contributed by atoms with Gasteiger partial charge in [0.05, 0.1) is 16.5 Å². The van der Waals surface area contributed by atoms with Crippen molar-refractivity contribution in [1.29, 1.82) is 0 Å². The lowest BCUT2D eigenvalue weighted by Gasteiger charge is -2.30. The van der Waals surface area contributed by atoms with Gasteiger partial charge in [0, 0.05) is 24.0 Å². The molecule has 0 saturated heterocycles. The number of thiocarbonyl (C=S) groups is 1. The van der Waals surface area contributed by atoms with Gasteiger partial charge in [0.2, 0.25) is 0 Å². The Morgan fingerprint density at radius 3 is 2.81 bits per heavy atom. The van der Waals surface area contributed by atoms with Gasteiger partial charge in [-0.1, -0.05) is 18.2 Å². The highest BCUT2D eigenvalue weighted by molar-refractivity contribution is 7.80. The van der Waals surface area contributed by atoms with Gasteiger partial charge in [-0.05, 0) is 36.8 Å². The summed E-state index contributed by atoms with van der Waals surface area (Å²) in [6.45, 7) is 1.73. The Balaban J connectivity index is 1.98. The van der Waals surface area contributed by atoms with Crippen molar-refractivity contribution in [3.05, 3.63) is 75.6 Å². The van der Waals surface area contributed by atoms with E-state index in [9.17, 15) is 14.9 Å². The lowest BCUT2D eigenvalue weighted by molar-refractivity contribution is -0.384. The molecule has 26 heavy (non-hydrogen) atoms. The van der Waals surface area contributed by atoms with E-state index in [0.29, 0.717) is 27.8 Å². The predicted octanol–water partition coefficient (Wildman–Crippen LogP) is 2.42. The molecule has 0 saturated carbocycles. The zero-order valence-electron chi connectivity index (χ0n) is 13.7. The quantitative estimate of drug-likeness (QED) is 0.431. The van der Waals surface area contributed by atoms with E-state index in [1.807, 2.05) is 0 Å². The van der Waals surface area contributed by atoms with Crippen LogP contribution in [0.1, 0.15) is 18.5 Å². The molecule has 1 atom stereocenters. The van der Waals surface area contributed by atoms with Crippen LogP contribution in [0.3, 0.4) is 0 Å². The van der Waals surface area contributed by atoms with Crippen molar-refractivity contribution in [2.24, 2.45) is 0 Å². The largest absolute Gasteiger partial charge is 0.351 e. The zero-order valence-corrected chi connectivity index (χ0v) is 14.5. The molecular weight excluding hydrogens is 354 g/mol. The number of aromatic nitrogens is 1. The van der Waals surface area contributed by atoms with E-state index in [0.717, 1.165) is 0 Å². The maximum absolute atomic E-state index is 12.8. The minimum atomic E-state index is -0.618. The van der Waals surface area contributed by atoms with Crippen LogP contribution in [0.15, 0.2) is 59.9 Å². The first kappa shape index (κ1) is 17.5. The topological polar surface area (TPSA) is 109 Å². The lowest BCUT2D eigenvalue weighted by atomic mass is 9.94. The fourth-order valence-corrected chi connectivity index (χ4v) is 2.95. The van der Waals surface area contributed by atoms with Crippen LogP contribution in [0.2, 0.25) is 0 Å². The van der Waals surface area contributed by atoms with Crippen molar-refractivity contribution in [3.63, 3.8) is 0 Å². The van der Waals surface area contributed by atoms with Crippen LogP contribution in [0.5, 0.6) is 0 Å². The van der Waals surface area contributed by atoms with Crippen LogP contribution < -0.4 is 16.0 Å². The molecule has 0 fully saturated rings. The van der Waals surface area contributed by atoms with E-state index >= 15 is 0 Å². The third kappa shape index (κ3) is 3.67. The SMILES string of the molecule is CC1=C(C(=O)Nc2ccccn2)[C@H](c2cccc([N+](=O)[O-])c2)NC(=S)N1. The van der Waals surface area contributed by atoms with Crippen molar-refractivity contribution in [3.8, 4) is 0 Å². The number of nitrogens with zero attached hydrogens (tertiary/aromatic N) is 2. The second kappa shape index (κ2) is 7.28. The van der Waals surface area contributed by atoms with Crippen LogP contribution in [0, 0.1) is 10.1 Å². The number of anilines is 1. The van der Waals surface area contributed by atoms with Gasteiger partial charge >= 0.3 is 0 Å². The van der Waals surface area contributed by atoms with Gasteiger partial charge in [-0.15, -0.1) is 0 Å². The average Bonchev–Trinajstić information content (AvgIpc) is 2.61.